The van der Waals surface area contributed by atoms with E-state index < -0.39 is 0 Å². The topological polar surface area (TPSA) is 72.7 Å². The molecule has 1 amide bonds. The molecule has 3 aromatic rings. The van der Waals surface area contributed by atoms with Gasteiger partial charge >= 0.3 is 0 Å². The molecule has 0 atom stereocenters. The van der Waals surface area contributed by atoms with Gasteiger partial charge in [0, 0.05) is 12.4 Å². The molecule has 0 bridgehead atoms. The van der Waals surface area contributed by atoms with Crippen molar-refractivity contribution in [3.8, 4) is 5.82 Å². The molecule has 0 radical (unpaired) electrons. The number of carbonyl (C=O) groups is 1. The van der Waals surface area contributed by atoms with Crippen molar-refractivity contribution >= 4 is 5.91 Å². The Morgan fingerprint density at radius 2 is 1.92 bits per heavy atom. The second-order valence-electron chi connectivity index (χ2n) is 6.00. The molecule has 2 heterocycles. The van der Waals surface area contributed by atoms with Crippen LogP contribution < -0.4 is 5.32 Å². The summed E-state index contributed by atoms with van der Waals surface area (Å²) < 4.78 is 1.74. The second-order valence-corrected chi connectivity index (χ2v) is 6.00. The highest BCUT2D eigenvalue weighted by Gasteiger charge is 2.40. The Bertz CT molecular complexity index is 824. The van der Waals surface area contributed by atoms with Crippen molar-refractivity contribution in [2.24, 2.45) is 0 Å². The van der Waals surface area contributed by atoms with Gasteiger partial charge in [0.15, 0.2) is 11.5 Å². The standard InChI is InChI=1S/C18H17N5O/c24-17(15-7-8-16(22-21-15)23-12-11-19-13-23)20-18(9-4-10-18)14-5-2-1-3-6-14/h1-3,5-8,11-13H,4,9-10H2,(H,20,24). The summed E-state index contributed by atoms with van der Waals surface area (Å²) in [6.45, 7) is 0. The molecular weight excluding hydrogens is 302 g/mol. The number of nitrogens with zero attached hydrogens (tertiary/aromatic N) is 4. The van der Waals surface area contributed by atoms with Crippen molar-refractivity contribution in [2.45, 2.75) is 24.8 Å². The lowest BCUT2D eigenvalue weighted by Crippen LogP contribution is -2.51. The second kappa shape index (κ2) is 5.88. The number of nitrogens with one attached hydrogen (secondary N) is 1. The first-order valence-electron chi connectivity index (χ1n) is 7.97. The third kappa shape index (κ3) is 2.56. The van der Waals surface area contributed by atoms with Crippen LogP contribution >= 0.6 is 0 Å². The van der Waals surface area contributed by atoms with Gasteiger partial charge in [-0.3, -0.25) is 9.36 Å². The number of imidazole rings is 1. The van der Waals surface area contributed by atoms with Gasteiger partial charge in [0.25, 0.3) is 5.91 Å². The van der Waals surface area contributed by atoms with Crippen LogP contribution in [0.1, 0.15) is 35.3 Å². The van der Waals surface area contributed by atoms with Crippen LogP contribution in [-0.2, 0) is 5.54 Å². The highest BCUT2D eigenvalue weighted by Crippen LogP contribution is 2.41. The number of carbonyl (C=O) groups excluding carboxylic acids is 1. The van der Waals surface area contributed by atoms with E-state index in [0.717, 1.165) is 24.8 Å². The van der Waals surface area contributed by atoms with Gasteiger partial charge in [-0.2, -0.15) is 0 Å². The first-order valence-corrected chi connectivity index (χ1v) is 7.97. The molecule has 1 saturated carbocycles. The number of hydrogen-bond acceptors (Lipinski definition) is 4. The summed E-state index contributed by atoms with van der Waals surface area (Å²) in [6, 6.07) is 13.6. The Labute approximate surface area is 139 Å². The lowest BCUT2D eigenvalue weighted by Gasteiger charge is -2.43. The van der Waals surface area contributed by atoms with Gasteiger partial charge in [0.05, 0.1) is 5.54 Å². The van der Waals surface area contributed by atoms with E-state index in [1.54, 1.807) is 35.4 Å². The molecule has 6 nitrogen and oxygen atoms in total. The van der Waals surface area contributed by atoms with E-state index in [9.17, 15) is 4.79 Å². The highest BCUT2D eigenvalue weighted by atomic mass is 16.2. The molecule has 6 heteroatoms. The van der Waals surface area contributed by atoms with Gasteiger partial charge < -0.3 is 5.32 Å². The molecule has 4 rings (SSSR count). The Kier molecular flexibility index (Phi) is 3.57. The van der Waals surface area contributed by atoms with Crippen LogP contribution in [-0.4, -0.2) is 25.7 Å². The summed E-state index contributed by atoms with van der Waals surface area (Å²) >= 11 is 0. The minimum atomic E-state index is -0.275. The Morgan fingerprint density at radius 3 is 2.50 bits per heavy atom. The minimum Gasteiger partial charge on any atom is -0.341 e. The maximum Gasteiger partial charge on any atom is 0.272 e. The Morgan fingerprint density at radius 1 is 1.08 bits per heavy atom. The van der Waals surface area contributed by atoms with Crippen molar-refractivity contribution in [3.63, 3.8) is 0 Å². The average Bonchev–Trinajstić information content (AvgIpc) is 3.13. The zero-order valence-corrected chi connectivity index (χ0v) is 13.1. The molecule has 1 N–H and O–H groups in total. The zero-order chi connectivity index (χ0) is 16.4. The van der Waals surface area contributed by atoms with Gasteiger partial charge in [0.1, 0.15) is 6.33 Å². The Balaban J connectivity index is 1.53. The summed E-state index contributed by atoms with van der Waals surface area (Å²) in [6.07, 6.45) is 8.10. The quantitative estimate of drug-likeness (QED) is 0.802. The molecule has 1 aromatic carbocycles. The van der Waals surface area contributed by atoms with Crippen LogP contribution in [0.4, 0.5) is 0 Å². The Hall–Kier alpha value is -3.02. The average molecular weight is 319 g/mol. The molecule has 1 aliphatic rings. The molecule has 1 aliphatic carbocycles. The van der Waals surface area contributed by atoms with Crippen LogP contribution in [0.25, 0.3) is 5.82 Å². The van der Waals surface area contributed by atoms with Crippen molar-refractivity contribution in [3.05, 3.63) is 72.4 Å². The third-order valence-electron chi connectivity index (χ3n) is 4.54. The van der Waals surface area contributed by atoms with Crippen molar-refractivity contribution in [1.82, 2.24) is 25.1 Å². The monoisotopic (exact) mass is 319 g/mol. The van der Waals surface area contributed by atoms with Gasteiger partial charge in [-0.25, -0.2) is 4.98 Å². The summed E-state index contributed by atoms with van der Waals surface area (Å²) in [5.74, 6) is 0.439. The van der Waals surface area contributed by atoms with Crippen LogP contribution in [0.5, 0.6) is 0 Å². The maximum absolute atomic E-state index is 12.6. The minimum absolute atomic E-state index is 0.191. The van der Waals surface area contributed by atoms with Gasteiger partial charge in [-0.15, -0.1) is 10.2 Å². The smallest absolute Gasteiger partial charge is 0.272 e. The van der Waals surface area contributed by atoms with Crippen molar-refractivity contribution in [1.29, 1.82) is 0 Å². The largest absolute Gasteiger partial charge is 0.341 e. The van der Waals surface area contributed by atoms with E-state index in [0.29, 0.717) is 11.5 Å². The number of rotatable bonds is 4. The van der Waals surface area contributed by atoms with E-state index >= 15 is 0 Å². The first kappa shape index (κ1) is 14.6. The van der Waals surface area contributed by atoms with Gasteiger partial charge in [0.2, 0.25) is 0 Å². The predicted molar refractivity (Wildman–Crippen MR) is 88.6 cm³/mol. The summed E-state index contributed by atoms with van der Waals surface area (Å²) in [7, 11) is 0. The molecule has 1 fully saturated rings. The molecule has 24 heavy (non-hydrogen) atoms. The lowest BCUT2D eigenvalue weighted by molar-refractivity contribution is 0.0817. The molecule has 0 spiro atoms. The van der Waals surface area contributed by atoms with Crippen molar-refractivity contribution < 1.29 is 4.79 Å². The number of aromatic nitrogens is 4. The number of hydrogen-bond donors (Lipinski definition) is 1. The van der Waals surface area contributed by atoms with Crippen molar-refractivity contribution in [2.75, 3.05) is 0 Å². The van der Waals surface area contributed by atoms with Crippen LogP contribution in [0.3, 0.4) is 0 Å². The third-order valence-corrected chi connectivity index (χ3v) is 4.54. The summed E-state index contributed by atoms with van der Waals surface area (Å²) in [5, 5.41) is 11.3. The van der Waals surface area contributed by atoms with E-state index in [4.69, 9.17) is 0 Å². The molecule has 0 saturated heterocycles. The molecular formula is C18H17N5O. The van der Waals surface area contributed by atoms with Gasteiger partial charge in [-0.1, -0.05) is 30.3 Å². The molecule has 0 aliphatic heterocycles. The molecule has 2 aromatic heterocycles. The summed E-state index contributed by atoms with van der Waals surface area (Å²) in [5.41, 5.74) is 1.19. The molecule has 0 unspecified atom stereocenters. The van der Waals surface area contributed by atoms with Crippen LogP contribution in [0.2, 0.25) is 0 Å². The van der Waals surface area contributed by atoms with Crippen LogP contribution in [0, 0.1) is 0 Å². The van der Waals surface area contributed by atoms with E-state index in [-0.39, 0.29) is 11.4 Å². The first-order chi connectivity index (χ1) is 11.8. The lowest BCUT2D eigenvalue weighted by atomic mass is 9.71. The number of amides is 1. The fraction of sp³-hybridized carbons (Fsp3) is 0.222. The summed E-state index contributed by atoms with van der Waals surface area (Å²) in [4.78, 5) is 16.6. The fourth-order valence-electron chi connectivity index (χ4n) is 3.03. The van der Waals surface area contributed by atoms with E-state index in [2.05, 4.69) is 32.6 Å². The normalized spacial score (nSPS) is 15.5. The van der Waals surface area contributed by atoms with Crippen LogP contribution in [0.15, 0.2) is 61.2 Å². The predicted octanol–water partition coefficient (Wildman–Crippen LogP) is 2.47. The maximum atomic E-state index is 12.6. The van der Waals surface area contributed by atoms with Gasteiger partial charge in [-0.05, 0) is 37.0 Å². The van der Waals surface area contributed by atoms with E-state index in [1.165, 1.54) is 0 Å². The van der Waals surface area contributed by atoms with E-state index in [1.807, 2.05) is 18.2 Å². The highest BCUT2D eigenvalue weighted by molar-refractivity contribution is 5.92. The molecule has 120 valence electrons. The SMILES string of the molecule is O=C(NC1(c2ccccc2)CCC1)c1ccc(-n2ccnc2)nn1. The fourth-order valence-corrected chi connectivity index (χ4v) is 3.03. The zero-order valence-electron chi connectivity index (χ0n) is 13.1. The number of benzene rings is 1.